The highest BCUT2D eigenvalue weighted by molar-refractivity contribution is 5.09. The number of aromatic nitrogens is 2. The summed E-state index contributed by atoms with van der Waals surface area (Å²) in [6.07, 6.45) is 3.56. The van der Waals surface area contributed by atoms with Crippen molar-refractivity contribution in [2.45, 2.75) is 46.3 Å². The molecule has 1 unspecified atom stereocenters. The van der Waals surface area contributed by atoms with Gasteiger partial charge in [-0.1, -0.05) is 6.92 Å². The molecule has 1 aliphatic heterocycles. The van der Waals surface area contributed by atoms with E-state index < -0.39 is 0 Å². The minimum Gasteiger partial charge on any atom is -0.375 e. The second-order valence-electron chi connectivity index (χ2n) is 5.02. The zero-order valence-corrected chi connectivity index (χ0v) is 11.6. The minimum absolute atomic E-state index is 0.683. The first kappa shape index (κ1) is 13.6. The van der Waals surface area contributed by atoms with Crippen molar-refractivity contribution in [2.75, 3.05) is 19.7 Å². The first-order valence-electron chi connectivity index (χ1n) is 7.17. The fourth-order valence-electron chi connectivity index (χ4n) is 2.47. The van der Waals surface area contributed by atoms with Gasteiger partial charge in [-0.15, -0.1) is 0 Å². The summed E-state index contributed by atoms with van der Waals surface area (Å²) < 4.78 is 7.91. The lowest BCUT2D eigenvalue weighted by molar-refractivity contribution is 0.0741. The van der Waals surface area contributed by atoms with Crippen LogP contribution in [-0.2, 0) is 24.3 Å². The highest BCUT2D eigenvalue weighted by Crippen LogP contribution is 2.12. The molecule has 1 aromatic heterocycles. The van der Waals surface area contributed by atoms with Gasteiger partial charge in [0.15, 0.2) is 0 Å². The zero-order chi connectivity index (χ0) is 12.8. The Labute approximate surface area is 110 Å². The van der Waals surface area contributed by atoms with Crippen molar-refractivity contribution >= 4 is 0 Å². The standard InChI is InChI=1S/C14H25N3O/c1-3-13-8-14(17(4-2)16-13)11-18-10-12-6-5-7-15-9-12/h8,12,15H,3-7,9-11H2,1-2H3. The van der Waals surface area contributed by atoms with Crippen molar-refractivity contribution in [3.05, 3.63) is 17.5 Å². The summed E-state index contributed by atoms with van der Waals surface area (Å²) >= 11 is 0. The van der Waals surface area contributed by atoms with E-state index in [1.54, 1.807) is 0 Å². The van der Waals surface area contributed by atoms with E-state index in [9.17, 15) is 0 Å². The number of rotatable bonds is 6. The van der Waals surface area contributed by atoms with Crippen molar-refractivity contribution in [1.82, 2.24) is 15.1 Å². The summed E-state index contributed by atoms with van der Waals surface area (Å²) in [5.41, 5.74) is 2.37. The fourth-order valence-corrected chi connectivity index (χ4v) is 2.47. The smallest absolute Gasteiger partial charge is 0.0885 e. The summed E-state index contributed by atoms with van der Waals surface area (Å²) in [4.78, 5) is 0. The van der Waals surface area contributed by atoms with Crippen LogP contribution in [0.3, 0.4) is 0 Å². The van der Waals surface area contributed by atoms with Crippen LogP contribution in [0.1, 0.15) is 38.1 Å². The maximum atomic E-state index is 5.86. The van der Waals surface area contributed by atoms with Gasteiger partial charge in [-0.25, -0.2) is 0 Å². The fraction of sp³-hybridized carbons (Fsp3) is 0.786. The monoisotopic (exact) mass is 251 g/mol. The van der Waals surface area contributed by atoms with Gasteiger partial charge in [-0.05, 0) is 44.7 Å². The molecule has 1 aromatic rings. The number of nitrogens with one attached hydrogen (secondary N) is 1. The first-order chi connectivity index (χ1) is 8.83. The topological polar surface area (TPSA) is 39.1 Å². The molecule has 102 valence electrons. The average molecular weight is 251 g/mol. The Balaban J connectivity index is 1.79. The maximum absolute atomic E-state index is 5.86. The molecule has 1 aliphatic rings. The predicted molar refractivity (Wildman–Crippen MR) is 72.5 cm³/mol. The number of hydrogen-bond donors (Lipinski definition) is 1. The largest absolute Gasteiger partial charge is 0.375 e. The van der Waals surface area contributed by atoms with Gasteiger partial charge in [0.25, 0.3) is 0 Å². The molecule has 0 saturated carbocycles. The van der Waals surface area contributed by atoms with Crippen molar-refractivity contribution < 1.29 is 4.74 Å². The Morgan fingerprint density at radius 2 is 2.39 bits per heavy atom. The quantitative estimate of drug-likeness (QED) is 0.840. The summed E-state index contributed by atoms with van der Waals surface area (Å²) in [6.45, 7) is 9.01. The molecule has 0 bridgehead atoms. The number of hydrogen-bond acceptors (Lipinski definition) is 3. The van der Waals surface area contributed by atoms with Gasteiger partial charge >= 0.3 is 0 Å². The molecule has 1 fully saturated rings. The predicted octanol–water partition coefficient (Wildman–Crippen LogP) is 1.98. The van der Waals surface area contributed by atoms with E-state index in [2.05, 4.69) is 35.0 Å². The van der Waals surface area contributed by atoms with E-state index in [-0.39, 0.29) is 0 Å². The van der Waals surface area contributed by atoms with Gasteiger partial charge in [0.05, 0.1) is 24.6 Å². The van der Waals surface area contributed by atoms with Gasteiger partial charge < -0.3 is 10.1 Å². The summed E-state index contributed by atoms with van der Waals surface area (Å²) in [5, 5.41) is 7.96. The molecule has 1 N–H and O–H groups in total. The second-order valence-corrected chi connectivity index (χ2v) is 5.02. The van der Waals surface area contributed by atoms with E-state index in [1.807, 2.05) is 0 Å². The average Bonchev–Trinajstić information content (AvgIpc) is 2.82. The van der Waals surface area contributed by atoms with E-state index >= 15 is 0 Å². The Morgan fingerprint density at radius 1 is 1.50 bits per heavy atom. The molecule has 4 nitrogen and oxygen atoms in total. The highest BCUT2D eigenvalue weighted by atomic mass is 16.5. The first-order valence-corrected chi connectivity index (χ1v) is 7.17. The molecule has 0 amide bonds. The van der Waals surface area contributed by atoms with Crippen molar-refractivity contribution in [3.8, 4) is 0 Å². The number of aryl methyl sites for hydroxylation is 2. The van der Waals surface area contributed by atoms with Crippen LogP contribution < -0.4 is 5.32 Å². The lowest BCUT2D eigenvalue weighted by atomic mass is 10.0. The molecular weight excluding hydrogens is 226 g/mol. The SMILES string of the molecule is CCc1cc(COCC2CCCNC2)n(CC)n1. The molecule has 0 aliphatic carbocycles. The third kappa shape index (κ3) is 3.56. The van der Waals surface area contributed by atoms with Crippen molar-refractivity contribution in [3.63, 3.8) is 0 Å². The van der Waals surface area contributed by atoms with E-state index in [0.717, 1.165) is 31.8 Å². The molecule has 2 rings (SSSR count). The molecule has 4 heteroatoms. The molecule has 0 radical (unpaired) electrons. The van der Waals surface area contributed by atoms with Crippen LogP contribution in [0.2, 0.25) is 0 Å². The molecule has 18 heavy (non-hydrogen) atoms. The molecule has 1 atom stereocenters. The van der Waals surface area contributed by atoms with Crippen molar-refractivity contribution in [2.24, 2.45) is 5.92 Å². The Kier molecular flexibility index (Phi) is 5.20. The van der Waals surface area contributed by atoms with Gasteiger partial charge in [0.2, 0.25) is 0 Å². The van der Waals surface area contributed by atoms with Crippen LogP contribution in [0, 0.1) is 5.92 Å². The molecular formula is C14H25N3O. The second kappa shape index (κ2) is 6.90. The van der Waals surface area contributed by atoms with Gasteiger partial charge in [-0.3, -0.25) is 4.68 Å². The Bertz CT molecular complexity index is 356. The molecule has 1 saturated heterocycles. The zero-order valence-electron chi connectivity index (χ0n) is 11.6. The maximum Gasteiger partial charge on any atom is 0.0885 e. The van der Waals surface area contributed by atoms with Crippen LogP contribution in [0.25, 0.3) is 0 Å². The molecule has 2 heterocycles. The van der Waals surface area contributed by atoms with Gasteiger partial charge in [-0.2, -0.15) is 5.10 Å². The number of ether oxygens (including phenoxy) is 1. The van der Waals surface area contributed by atoms with E-state index in [0.29, 0.717) is 12.5 Å². The van der Waals surface area contributed by atoms with Crippen LogP contribution in [0.15, 0.2) is 6.07 Å². The molecule has 0 spiro atoms. The van der Waals surface area contributed by atoms with Gasteiger partial charge in [0.1, 0.15) is 0 Å². The van der Waals surface area contributed by atoms with Crippen LogP contribution in [-0.4, -0.2) is 29.5 Å². The third-order valence-electron chi connectivity index (χ3n) is 3.58. The van der Waals surface area contributed by atoms with Crippen molar-refractivity contribution in [1.29, 1.82) is 0 Å². The lowest BCUT2D eigenvalue weighted by Crippen LogP contribution is -2.32. The number of piperidine rings is 1. The third-order valence-corrected chi connectivity index (χ3v) is 3.58. The van der Waals surface area contributed by atoms with E-state index in [4.69, 9.17) is 4.74 Å². The van der Waals surface area contributed by atoms with Crippen LogP contribution >= 0.6 is 0 Å². The minimum atomic E-state index is 0.683. The van der Waals surface area contributed by atoms with Gasteiger partial charge in [0, 0.05) is 13.1 Å². The Morgan fingerprint density at radius 3 is 3.06 bits per heavy atom. The normalized spacial score (nSPS) is 20.2. The highest BCUT2D eigenvalue weighted by Gasteiger charge is 2.13. The lowest BCUT2D eigenvalue weighted by Gasteiger charge is -2.22. The van der Waals surface area contributed by atoms with Crippen LogP contribution in [0.5, 0.6) is 0 Å². The molecule has 0 aromatic carbocycles. The van der Waals surface area contributed by atoms with Crippen LogP contribution in [0.4, 0.5) is 0 Å². The van der Waals surface area contributed by atoms with E-state index in [1.165, 1.54) is 25.1 Å². The number of nitrogens with zero attached hydrogens (tertiary/aromatic N) is 2. The summed E-state index contributed by atoms with van der Waals surface area (Å²) in [7, 11) is 0. The summed E-state index contributed by atoms with van der Waals surface area (Å²) in [6, 6.07) is 2.17. The Hall–Kier alpha value is -0.870. The summed E-state index contributed by atoms with van der Waals surface area (Å²) in [5.74, 6) is 0.683.